The van der Waals surface area contributed by atoms with Gasteiger partial charge in [-0.15, -0.1) is 0 Å². The predicted octanol–water partition coefficient (Wildman–Crippen LogP) is 3.13. The maximum absolute atomic E-state index is 12.9. The zero-order valence-corrected chi connectivity index (χ0v) is 12.4. The molecule has 1 aromatic rings. The Morgan fingerprint density at radius 2 is 1.90 bits per heavy atom. The summed E-state index contributed by atoms with van der Waals surface area (Å²) in [4.78, 5) is 14.1. The highest BCUT2D eigenvalue weighted by atomic mass is 19.1. The second kappa shape index (κ2) is 5.92. The monoisotopic (exact) mass is 279 g/mol. The van der Waals surface area contributed by atoms with E-state index in [2.05, 4.69) is 0 Å². The average Bonchev–Trinajstić information content (AvgIpc) is 3.18. The van der Waals surface area contributed by atoms with Crippen molar-refractivity contribution in [3.8, 4) is 0 Å². The van der Waals surface area contributed by atoms with Crippen LogP contribution in [0.5, 0.6) is 0 Å². The van der Waals surface area contributed by atoms with Crippen LogP contribution in [0.25, 0.3) is 0 Å². The van der Waals surface area contributed by atoms with Crippen molar-refractivity contribution in [1.82, 2.24) is 4.90 Å². The number of nitrogens with zero attached hydrogens (tertiary/aromatic N) is 1. The summed E-state index contributed by atoms with van der Waals surface area (Å²) in [5.74, 6) is -0.249. The fourth-order valence-electron chi connectivity index (χ4n) is 1.95. The smallest absolute Gasteiger partial charge is 0.249 e. The zero-order valence-electron chi connectivity index (χ0n) is 12.4. The Kier molecular flexibility index (Phi) is 4.43. The Bertz CT molecular complexity index is 460. The van der Waals surface area contributed by atoms with Crippen LogP contribution in [-0.2, 0) is 16.1 Å². The van der Waals surface area contributed by atoms with E-state index in [0.29, 0.717) is 12.6 Å². The zero-order chi connectivity index (χ0) is 14.8. The van der Waals surface area contributed by atoms with Crippen molar-refractivity contribution in [2.24, 2.45) is 0 Å². The Morgan fingerprint density at radius 3 is 2.40 bits per heavy atom. The van der Waals surface area contributed by atoms with Crippen LogP contribution < -0.4 is 0 Å². The van der Waals surface area contributed by atoms with Gasteiger partial charge in [-0.05, 0) is 51.3 Å². The standard InChI is InChI=1S/C16H22FNO2/c1-16(2,3)20-11-15(19)18(14-8-9-14)10-12-4-6-13(17)7-5-12/h4-7,14H,8-11H2,1-3H3. The molecule has 1 aromatic carbocycles. The summed E-state index contributed by atoms with van der Waals surface area (Å²) in [5, 5.41) is 0. The lowest BCUT2D eigenvalue weighted by atomic mass is 10.2. The van der Waals surface area contributed by atoms with Gasteiger partial charge in [0.05, 0.1) is 5.60 Å². The lowest BCUT2D eigenvalue weighted by Gasteiger charge is -2.25. The minimum Gasteiger partial charge on any atom is -0.366 e. The molecule has 0 unspecified atom stereocenters. The molecule has 0 atom stereocenters. The van der Waals surface area contributed by atoms with Crippen LogP contribution in [0.15, 0.2) is 24.3 Å². The number of ether oxygens (including phenoxy) is 1. The van der Waals surface area contributed by atoms with Crippen LogP contribution in [0, 0.1) is 5.82 Å². The van der Waals surface area contributed by atoms with E-state index in [-0.39, 0.29) is 23.9 Å². The largest absolute Gasteiger partial charge is 0.366 e. The van der Waals surface area contributed by atoms with E-state index in [1.54, 1.807) is 12.1 Å². The van der Waals surface area contributed by atoms with E-state index in [9.17, 15) is 9.18 Å². The van der Waals surface area contributed by atoms with Crippen molar-refractivity contribution >= 4 is 5.91 Å². The molecular formula is C16H22FNO2. The molecule has 110 valence electrons. The van der Waals surface area contributed by atoms with E-state index in [0.717, 1.165) is 18.4 Å². The van der Waals surface area contributed by atoms with Crippen molar-refractivity contribution in [2.75, 3.05) is 6.61 Å². The summed E-state index contributed by atoms with van der Waals surface area (Å²) in [5.41, 5.74) is 0.628. The third kappa shape index (κ3) is 4.60. The number of hydrogen-bond donors (Lipinski definition) is 0. The van der Waals surface area contributed by atoms with Crippen LogP contribution in [0.3, 0.4) is 0 Å². The molecule has 1 fully saturated rings. The first kappa shape index (κ1) is 15.0. The normalized spacial score (nSPS) is 15.2. The lowest BCUT2D eigenvalue weighted by molar-refractivity contribution is -0.142. The van der Waals surface area contributed by atoms with Gasteiger partial charge in [-0.3, -0.25) is 4.79 Å². The molecule has 0 aromatic heterocycles. The molecule has 20 heavy (non-hydrogen) atoms. The number of hydrogen-bond acceptors (Lipinski definition) is 2. The SMILES string of the molecule is CC(C)(C)OCC(=O)N(Cc1ccc(F)cc1)C1CC1. The molecule has 0 radical (unpaired) electrons. The molecule has 0 saturated heterocycles. The van der Waals surface area contributed by atoms with Gasteiger partial charge in [0, 0.05) is 12.6 Å². The highest BCUT2D eigenvalue weighted by Crippen LogP contribution is 2.28. The molecule has 0 N–H and O–H groups in total. The van der Waals surface area contributed by atoms with E-state index in [1.165, 1.54) is 12.1 Å². The van der Waals surface area contributed by atoms with Gasteiger partial charge < -0.3 is 9.64 Å². The van der Waals surface area contributed by atoms with E-state index in [4.69, 9.17) is 4.74 Å². The summed E-state index contributed by atoms with van der Waals surface area (Å²) in [7, 11) is 0. The molecule has 1 aliphatic rings. The first-order valence-electron chi connectivity index (χ1n) is 7.03. The summed E-state index contributed by atoms with van der Waals surface area (Å²) in [6, 6.07) is 6.62. The Hall–Kier alpha value is -1.42. The van der Waals surface area contributed by atoms with Crippen LogP contribution in [0.1, 0.15) is 39.2 Å². The molecule has 1 amide bonds. The Labute approximate surface area is 119 Å². The highest BCUT2D eigenvalue weighted by Gasteiger charge is 2.32. The molecule has 1 aliphatic carbocycles. The first-order valence-corrected chi connectivity index (χ1v) is 7.03. The maximum atomic E-state index is 12.9. The quantitative estimate of drug-likeness (QED) is 0.828. The van der Waals surface area contributed by atoms with Crippen molar-refractivity contribution in [2.45, 2.75) is 51.8 Å². The molecular weight excluding hydrogens is 257 g/mol. The van der Waals surface area contributed by atoms with E-state index >= 15 is 0 Å². The average molecular weight is 279 g/mol. The third-order valence-corrected chi connectivity index (χ3v) is 3.20. The van der Waals surface area contributed by atoms with Crippen molar-refractivity contribution < 1.29 is 13.9 Å². The van der Waals surface area contributed by atoms with Crippen LogP contribution in [0.2, 0.25) is 0 Å². The van der Waals surface area contributed by atoms with Crippen molar-refractivity contribution in [1.29, 1.82) is 0 Å². The minimum atomic E-state index is -0.319. The number of rotatable bonds is 5. The molecule has 4 heteroatoms. The lowest BCUT2D eigenvalue weighted by Crippen LogP contribution is -2.37. The summed E-state index contributed by atoms with van der Waals surface area (Å²) in [6.07, 6.45) is 2.09. The summed E-state index contributed by atoms with van der Waals surface area (Å²) < 4.78 is 18.5. The van der Waals surface area contributed by atoms with E-state index < -0.39 is 0 Å². The third-order valence-electron chi connectivity index (χ3n) is 3.20. The van der Waals surface area contributed by atoms with Crippen LogP contribution >= 0.6 is 0 Å². The molecule has 0 heterocycles. The first-order chi connectivity index (χ1) is 9.35. The molecule has 0 aliphatic heterocycles. The molecule has 0 spiro atoms. The van der Waals surface area contributed by atoms with Gasteiger partial charge >= 0.3 is 0 Å². The van der Waals surface area contributed by atoms with Crippen LogP contribution in [0.4, 0.5) is 4.39 Å². The maximum Gasteiger partial charge on any atom is 0.249 e. The van der Waals surface area contributed by atoms with Gasteiger partial charge in [0.25, 0.3) is 0 Å². The van der Waals surface area contributed by atoms with Gasteiger partial charge in [0.2, 0.25) is 5.91 Å². The predicted molar refractivity (Wildman–Crippen MR) is 75.7 cm³/mol. The summed E-state index contributed by atoms with van der Waals surface area (Å²) in [6.45, 7) is 6.42. The second-order valence-electron chi connectivity index (χ2n) is 6.28. The highest BCUT2D eigenvalue weighted by molar-refractivity contribution is 5.78. The fourth-order valence-corrected chi connectivity index (χ4v) is 1.95. The second-order valence-corrected chi connectivity index (χ2v) is 6.28. The van der Waals surface area contributed by atoms with Crippen molar-refractivity contribution in [3.05, 3.63) is 35.6 Å². The number of amides is 1. The van der Waals surface area contributed by atoms with Gasteiger partial charge in [-0.25, -0.2) is 4.39 Å². The van der Waals surface area contributed by atoms with Gasteiger partial charge in [-0.2, -0.15) is 0 Å². The fraction of sp³-hybridized carbons (Fsp3) is 0.562. The summed E-state index contributed by atoms with van der Waals surface area (Å²) >= 11 is 0. The Balaban J connectivity index is 1.96. The van der Waals surface area contributed by atoms with Gasteiger partial charge in [-0.1, -0.05) is 12.1 Å². The topological polar surface area (TPSA) is 29.5 Å². The number of halogens is 1. The number of carbonyl (C=O) groups is 1. The number of benzene rings is 1. The van der Waals surface area contributed by atoms with Crippen LogP contribution in [-0.4, -0.2) is 29.1 Å². The van der Waals surface area contributed by atoms with Gasteiger partial charge in [0.1, 0.15) is 12.4 Å². The molecule has 2 rings (SSSR count). The minimum absolute atomic E-state index is 0.00625. The molecule has 3 nitrogen and oxygen atoms in total. The Morgan fingerprint density at radius 1 is 1.30 bits per heavy atom. The number of carbonyl (C=O) groups excluding carboxylic acids is 1. The van der Waals surface area contributed by atoms with Crippen molar-refractivity contribution in [3.63, 3.8) is 0 Å². The molecule has 0 bridgehead atoms. The molecule has 1 saturated carbocycles. The van der Waals surface area contributed by atoms with E-state index in [1.807, 2.05) is 25.7 Å². The van der Waals surface area contributed by atoms with Gasteiger partial charge in [0.15, 0.2) is 0 Å².